The predicted molar refractivity (Wildman–Crippen MR) is 91.3 cm³/mol. The van der Waals surface area contributed by atoms with Gasteiger partial charge in [0.25, 0.3) is 5.91 Å². The molecule has 0 aliphatic rings. The fraction of sp³-hybridized carbons (Fsp3) is 0.125. The van der Waals surface area contributed by atoms with Gasteiger partial charge in [0, 0.05) is 5.69 Å². The van der Waals surface area contributed by atoms with E-state index in [2.05, 4.69) is 20.7 Å². The Balaban J connectivity index is 1.60. The van der Waals surface area contributed by atoms with Gasteiger partial charge < -0.3 is 4.42 Å². The minimum atomic E-state index is -0.233. The van der Waals surface area contributed by atoms with E-state index < -0.39 is 0 Å². The molecule has 0 spiro atoms. The van der Waals surface area contributed by atoms with Gasteiger partial charge in [-0.25, -0.2) is 5.43 Å². The van der Waals surface area contributed by atoms with Gasteiger partial charge in [0.15, 0.2) is 5.16 Å². The highest BCUT2D eigenvalue weighted by Crippen LogP contribution is 2.21. The number of hydrazone groups is 1. The molecule has 1 N–H and O–H groups in total. The van der Waals surface area contributed by atoms with Gasteiger partial charge in [0.1, 0.15) is 11.6 Å². The first-order valence-corrected chi connectivity index (χ1v) is 8.18. The number of nitrogens with one attached hydrogen (secondary N) is 1. The second-order valence-electron chi connectivity index (χ2n) is 4.80. The topological polar surface area (TPSA) is 85.3 Å². The fourth-order valence-electron chi connectivity index (χ4n) is 2.01. The van der Waals surface area contributed by atoms with Crippen LogP contribution >= 0.6 is 11.8 Å². The first kappa shape index (κ1) is 16.0. The standard InChI is InChI=1S/C16H15N5O2S/c1-12-18-20-16(21(12)13-6-3-2-4-7-13)24-11-15(22)19-17-10-14-8-5-9-23-14/h2-10H,11H2,1H3,(H,19,22)/b17-10-. The molecule has 3 aromatic rings. The maximum Gasteiger partial charge on any atom is 0.250 e. The van der Waals surface area contributed by atoms with Gasteiger partial charge in [-0.15, -0.1) is 10.2 Å². The van der Waals surface area contributed by atoms with Crippen LogP contribution in [-0.4, -0.2) is 32.6 Å². The van der Waals surface area contributed by atoms with Crippen LogP contribution < -0.4 is 5.43 Å². The van der Waals surface area contributed by atoms with Crippen LogP contribution in [0.25, 0.3) is 5.69 Å². The maximum absolute atomic E-state index is 11.9. The van der Waals surface area contributed by atoms with Crippen LogP contribution in [0.5, 0.6) is 0 Å². The monoisotopic (exact) mass is 341 g/mol. The van der Waals surface area contributed by atoms with Crippen molar-refractivity contribution in [3.05, 3.63) is 60.3 Å². The minimum Gasteiger partial charge on any atom is -0.463 e. The van der Waals surface area contributed by atoms with Crippen molar-refractivity contribution >= 4 is 23.9 Å². The molecule has 0 bridgehead atoms. The number of para-hydroxylation sites is 1. The van der Waals surface area contributed by atoms with E-state index in [1.54, 1.807) is 12.1 Å². The van der Waals surface area contributed by atoms with Gasteiger partial charge in [-0.05, 0) is 31.2 Å². The summed E-state index contributed by atoms with van der Waals surface area (Å²) in [5, 5.41) is 12.7. The number of carbonyl (C=O) groups is 1. The normalized spacial score (nSPS) is 11.0. The van der Waals surface area contributed by atoms with Crippen LogP contribution in [-0.2, 0) is 4.79 Å². The molecule has 24 heavy (non-hydrogen) atoms. The summed E-state index contributed by atoms with van der Waals surface area (Å²) in [6.07, 6.45) is 2.98. The lowest BCUT2D eigenvalue weighted by Gasteiger charge is -2.07. The van der Waals surface area contributed by atoms with Gasteiger partial charge in [-0.1, -0.05) is 30.0 Å². The van der Waals surface area contributed by atoms with Crippen LogP contribution in [0.4, 0.5) is 0 Å². The molecule has 2 heterocycles. The first-order valence-electron chi connectivity index (χ1n) is 7.19. The van der Waals surface area contributed by atoms with Gasteiger partial charge in [-0.2, -0.15) is 5.10 Å². The molecular formula is C16H15N5O2S. The van der Waals surface area contributed by atoms with E-state index in [0.29, 0.717) is 10.9 Å². The highest BCUT2D eigenvalue weighted by atomic mass is 32.2. The fourth-order valence-corrected chi connectivity index (χ4v) is 2.80. The van der Waals surface area contributed by atoms with E-state index in [1.165, 1.54) is 24.2 Å². The number of benzene rings is 1. The van der Waals surface area contributed by atoms with E-state index in [-0.39, 0.29) is 11.7 Å². The number of thioether (sulfide) groups is 1. The molecule has 0 radical (unpaired) electrons. The summed E-state index contributed by atoms with van der Waals surface area (Å²) >= 11 is 1.30. The number of aryl methyl sites for hydroxylation is 1. The molecule has 7 nitrogen and oxygen atoms in total. The largest absolute Gasteiger partial charge is 0.463 e. The zero-order valence-corrected chi connectivity index (χ0v) is 13.7. The lowest BCUT2D eigenvalue weighted by Crippen LogP contribution is -2.19. The lowest BCUT2D eigenvalue weighted by atomic mass is 10.3. The predicted octanol–water partition coefficient (Wildman–Crippen LogP) is 2.41. The van der Waals surface area contributed by atoms with Crippen molar-refractivity contribution in [2.75, 3.05) is 5.75 Å². The molecule has 0 unspecified atom stereocenters. The number of amides is 1. The van der Waals surface area contributed by atoms with Gasteiger partial charge in [-0.3, -0.25) is 9.36 Å². The quantitative estimate of drug-likeness (QED) is 0.423. The zero-order chi connectivity index (χ0) is 16.8. The molecule has 8 heteroatoms. The third kappa shape index (κ3) is 3.90. The summed E-state index contributed by atoms with van der Waals surface area (Å²) in [7, 11) is 0. The number of furan rings is 1. The highest BCUT2D eigenvalue weighted by Gasteiger charge is 2.12. The molecule has 0 aliphatic carbocycles. The third-order valence-corrected chi connectivity index (χ3v) is 4.00. The van der Waals surface area contributed by atoms with Crippen molar-refractivity contribution in [1.29, 1.82) is 0 Å². The average Bonchev–Trinajstić information content (AvgIpc) is 3.23. The second-order valence-corrected chi connectivity index (χ2v) is 5.74. The van der Waals surface area contributed by atoms with Crippen LogP contribution in [0.1, 0.15) is 11.6 Å². The van der Waals surface area contributed by atoms with E-state index in [9.17, 15) is 4.79 Å². The molecule has 2 aromatic heterocycles. The molecule has 1 aromatic carbocycles. The van der Waals surface area contributed by atoms with Crippen molar-refractivity contribution in [3.63, 3.8) is 0 Å². The van der Waals surface area contributed by atoms with Crippen LogP contribution in [0.3, 0.4) is 0 Å². The zero-order valence-electron chi connectivity index (χ0n) is 12.9. The Bertz CT molecular complexity index is 828. The lowest BCUT2D eigenvalue weighted by molar-refractivity contribution is -0.118. The molecule has 122 valence electrons. The van der Waals surface area contributed by atoms with Gasteiger partial charge in [0.2, 0.25) is 0 Å². The maximum atomic E-state index is 11.9. The van der Waals surface area contributed by atoms with Gasteiger partial charge in [0.05, 0.1) is 18.2 Å². The molecule has 0 saturated heterocycles. The van der Waals surface area contributed by atoms with Crippen molar-refractivity contribution in [2.24, 2.45) is 5.10 Å². The smallest absolute Gasteiger partial charge is 0.250 e. The van der Waals surface area contributed by atoms with E-state index >= 15 is 0 Å². The number of hydrogen-bond acceptors (Lipinski definition) is 6. The summed E-state index contributed by atoms with van der Waals surface area (Å²) in [5.74, 6) is 1.28. The summed E-state index contributed by atoms with van der Waals surface area (Å²) in [6, 6.07) is 13.3. The van der Waals surface area contributed by atoms with Gasteiger partial charge >= 0.3 is 0 Å². The number of aromatic nitrogens is 3. The number of rotatable bonds is 6. The summed E-state index contributed by atoms with van der Waals surface area (Å²) in [6.45, 7) is 1.87. The highest BCUT2D eigenvalue weighted by molar-refractivity contribution is 7.99. The first-order chi connectivity index (χ1) is 11.7. The second kappa shape index (κ2) is 7.60. The van der Waals surface area contributed by atoms with Crippen molar-refractivity contribution < 1.29 is 9.21 Å². The van der Waals surface area contributed by atoms with Crippen molar-refractivity contribution in [2.45, 2.75) is 12.1 Å². The van der Waals surface area contributed by atoms with E-state index in [4.69, 9.17) is 4.42 Å². The Morgan fingerprint density at radius 1 is 1.29 bits per heavy atom. The minimum absolute atomic E-state index is 0.181. The molecule has 0 fully saturated rings. The molecule has 0 saturated carbocycles. The van der Waals surface area contributed by atoms with E-state index in [0.717, 1.165) is 11.5 Å². The Morgan fingerprint density at radius 2 is 2.12 bits per heavy atom. The summed E-state index contributed by atoms with van der Waals surface area (Å²) in [5.41, 5.74) is 3.41. The Hall–Kier alpha value is -2.87. The molecule has 0 aliphatic heterocycles. The Morgan fingerprint density at radius 3 is 2.88 bits per heavy atom. The number of carbonyl (C=O) groups excluding carboxylic acids is 1. The molecular weight excluding hydrogens is 326 g/mol. The molecule has 3 rings (SSSR count). The number of nitrogens with zero attached hydrogens (tertiary/aromatic N) is 4. The third-order valence-electron chi connectivity index (χ3n) is 3.07. The van der Waals surface area contributed by atoms with E-state index in [1.807, 2.05) is 41.8 Å². The van der Waals surface area contributed by atoms with Crippen LogP contribution in [0.15, 0.2) is 63.4 Å². The SMILES string of the molecule is Cc1nnc(SCC(=O)N/N=C\c2ccco2)n1-c1ccccc1. The van der Waals surface area contributed by atoms with Crippen LogP contribution in [0, 0.1) is 6.92 Å². The van der Waals surface area contributed by atoms with Crippen LogP contribution in [0.2, 0.25) is 0 Å². The molecule has 1 amide bonds. The average molecular weight is 341 g/mol. The Kier molecular flexibility index (Phi) is 5.07. The summed E-state index contributed by atoms with van der Waals surface area (Å²) < 4.78 is 6.99. The van der Waals surface area contributed by atoms with Crippen molar-refractivity contribution in [1.82, 2.24) is 20.2 Å². The summed E-state index contributed by atoms with van der Waals surface area (Å²) in [4.78, 5) is 11.9. The Labute approximate surface area is 142 Å². The molecule has 0 atom stereocenters. The number of hydrogen-bond donors (Lipinski definition) is 1. The van der Waals surface area contributed by atoms with Crippen molar-refractivity contribution in [3.8, 4) is 5.69 Å².